The summed E-state index contributed by atoms with van der Waals surface area (Å²) >= 11 is 0. The Bertz CT molecular complexity index is 432. The number of methoxy groups -OCH3 is 2. The van der Waals surface area contributed by atoms with Crippen molar-refractivity contribution in [3.05, 3.63) is 0 Å². The van der Waals surface area contributed by atoms with Gasteiger partial charge in [-0.05, 0) is 6.42 Å². The molecule has 0 aromatic rings. The highest BCUT2D eigenvalue weighted by Gasteiger charge is 2.43. The van der Waals surface area contributed by atoms with Crippen LogP contribution in [0, 0.1) is 0 Å². The third-order valence-electron chi connectivity index (χ3n) is 2.78. The fourth-order valence-electron chi connectivity index (χ4n) is 1.51. The lowest BCUT2D eigenvalue weighted by Gasteiger charge is -2.22. The minimum Gasteiger partial charge on any atom is -0.469 e. The van der Waals surface area contributed by atoms with Crippen LogP contribution >= 0.6 is 0 Å². The van der Waals surface area contributed by atoms with Crippen LogP contribution in [0.1, 0.15) is 32.6 Å². The molecule has 0 radical (unpaired) electrons. The van der Waals surface area contributed by atoms with Crippen LogP contribution in [0.2, 0.25) is 0 Å². The summed E-state index contributed by atoms with van der Waals surface area (Å²) in [5, 5.41) is 10.1. The SMILES string of the molecule is CCCCOC(=O)COC(=O)CC(O)(CC(=O)OC)C(=O)OC. The molecule has 9 heteroatoms. The molecule has 1 N–H and O–H groups in total. The second-order valence-electron chi connectivity index (χ2n) is 4.69. The average molecular weight is 334 g/mol. The summed E-state index contributed by atoms with van der Waals surface area (Å²) in [6.45, 7) is 1.47. The van der Waals surface area contributed by atoms with Crippen LogP contribution in [0.5, 0.6) is 0 Å². The Kier molecular flexibility index (Phi) is 9.56. The van der Waals surface area contributed by atoms with Gasteiger partial charge in [-0.25, -0.2) is 9.59 Å². The number of carbonyl (C=O) groups excluding carboxylic acids is 4. The number of unbranched alkanes of at least 4 members (excludes halogenated alkanes) is 1. The van der Waals surface area contributed by atoms with Gasteiger partial charge in [-0.3, -0.25) is 9.59 Å². The maximum atomic E-state index is 11.6. The first kappa shape index (κ1) is 20.8. The molecule has 0 aromatic carbocycles. The van der Waals surface area contributed by atoms with Gasteiger partial charge < -0.3 is 24.1 Å². The third-order valence-corrected chi connectivity index (χ3v) is 2.78. The van der Waals surface area contributed by atoms with Gasteiger partial charge in [0, 0.05) is 0 Å². The van der Waals surface area contributed by atoms with Crippen molar-refractivity contribution in [2.45, 2.75) is 38.2 Å². The summed E-state index contributed by atoms with van der Waals surface area (Å²) < 4.78 is 18.1. The average Bonchev–Trinajstić information content (AvgIpc) is 2.51. The number of hydrogen-bond acceptors (Lipinski definition) is 9. The third kappa shape index (κ3) is 8.15. The van der Waals surface area contributed by atoms with Crippen LogP contribution in [0.3, 0.4) is 0 Å². The predicted molar refractivity (Wildman–Crippen MR) is 75.0 cm³/mol. The molecule has 0 aliphatic rings. The monoisotopic (exact) mass is 334 g/mol. The van der Waals surface area contributed by atoms with Crippen molar-refractivity contribution in [1.29, 1.82) is 0 Å². The summed E-state index contributed by atoms with van der Waals surface area (Å²) in [7, 11) is 2.05. The molecule has 0 spiro atoms. The normalized spacial score (nSPS) is 12.7. The number of rotatable bonds is 10. The van der Waals surface area contributed by atoms with Crippen LogP contribution in [0.15, 0.2) is 0 Å². The first-order valence-electron chi connectivity index (χ1n) is 6.98. The molecule has 0 fully saturated rings. The van der Waals surface area contributed by atoms with E-state index in [1.54, 1.807) is 0 Å². The zero-order chi connectivity index (χ0) is 17.9. The highest BCUT2D eigenvalue weighted by molar-refractivity contribution is 5.90. The molecule has 0 amide bonds. The van der Waals surface area contributed by atoms with E-state index in [-0.39, 0.29) is 6.61 Å². The molecule has 132 valence electrons. The Morgan fingerprint density at radius 1 is 0.913 bits per heavy atom. The van der Waals surface area contributed by atoms with Crippen LogP contribution in [-0.2, 0) is 38.1 Å². The van der Waals surface area contributed by atoms with Crippen molar-refractivity contribution in [2.24, 2.45) is 0 Å². The van der Waals surface area contributed by atoms with Crippen molar-refractivity contribution in [3.8, 4) is 0 Å². The summed E-state index contributed by atoms with van der Waals surface area (Å²) in [6, 6.07) is 0. The van der Waals surface area contributed by atoms with E-state index >= 15 is 0 Å². The van der Waals surface area contributed by atoms with Gasteiger partial charge in [0.2, 0.25) is 0 Å². The maximum Gasteiger partial charge on any atom is 0.344 e. The van der Waals surface area contributed by atoms with Gasteiger partial charge in [0.1, 0.15) is 0 Å². The molecule has 0 bridgehead atoms. The van der Waals surface area contributed by atoms with Crippen molar-refractivity contribution in [2.75, 3.05) is 27.4 Å². The lowest BCUT2D eigenvalue weighted by atomic mass is 9.96. The van der Waals surface area contributed by atoms with E-state index in [9.17, 15) is 24.3 Å². The van der Waals surface area contributed by atoms with Gasteiger partial charge in [0.25, 0.3) is 0 Å². The highest BCUT2D eigenvalue weighted by atomic mass is 16.6. The Morgan fingerprint density at radius 2 is 1.52 bits per heavy atom. The molecule has 9 nitrogen and oxygen atoms in total. The van der Waals surface area contributed by atoms with Crippen molar-refractivity contribution < 1.29 is 43.2 Å². The Labute approximate surface area is 133 Å². The number of hydrogen-bond donors (Lipinski definition) is 1. The predicted octanol–water partition coefficient (Wildman–Crippen LogP) is -0.270. The molecule has 0 saturated heterocycles. The topological polar surface area (TPSA) is 125 Å². The number of ether oxygens (including phenoxy) is 4. The van der Waals surface area contributed by atoms with Crippen molar-refractivity contribution >= 4 is 23.9 Å². The van der Waals surface area contributed by atoms with Crippen LogP contribution in [-0.4, -0.2) is 62.0 Å². The van der Waals surface area contributed by atoms with E-state index in [1.807, 2.05) is 6.92 Å². The molecule has 1 unspecified atom stereocenters. The number of esters is 4. The Morgan fingerprint density at radius 3 is 2.04 bits per heavy atom. The second kappa shape index (κ2) is 10.5. The molecule has 0 aliphatic carbocycles. The van der Waals surface area contributed by atoms with Crippen molar-refractivity contribution in [3.63, 3.8) is 0 Å². The first-order valence-corrected chi connectivity index (χ1v) is 6.98. The first-order chi connectivity index (χ1) is 10.8. The quantitative estimate of drug-likeness (QED) is 0.326. The van der Waals surface area contributed by atoms with E-state index in [0.717, 1.165) is 20.6 Å². The van der Waals surface area contributed by atoms with Gasteiger partial charge >= 0.3 is 23.9 Å². The zero-order valence-electron chi connectivity index (χ0n) is 13.5. The summed E-state index contributed by atoms with van der Waals surface area (Å²) in [4.78, 5) is 45.7. The van der Waals surface area contributed by atoms with E-state index in [1.165, 1.54) is 0 Å². The minimum atomic E-state index is -2.43. The molecule has 0 saturated carbocycles. The maximum absolute atomic E-state index is 11.6. The Balaban J connectivity index is 4.52. The van der Waals surface area contributed by atoms with Gasteiger partial charge in [0.15, 0.2) is 12.2 Å². The van der Waals surface area contributed by atoms with E-state index in [2.05, 4.69) is 14.2 Å². The summed E-state index contributed by atoms with van der Waals surface area (Å²) in [5.74, 6) is -3.91. The molecular weight excluding hydrogens is 312 g/mol. The van der Waals surface area contributed by atoms with Crippen molar-refractivity contribution in [1.82, 2.24) is 0 Å². The van der Waals surface area contributed by atoms with Crippen LogP contribution in [0.4, 0.5) is 0 Å². The second-order valence-corrected chi connectivity index (χ2v) is 4.69. The summed E-state index contributed by atoms with van der Waals surface area (Å²) in [5.41, 5.74) is -2.43. The Hall–Kier alpha value is -2.16. The van der Waals surface area contributed by atoms with Gasteiger partial charge in [-0.2, -0.15) is 0 Å². The van der Waals surface area contributed by atoms with Crippen LogP contribution < -0.4 is 0 Å². The lowest BCUT2D eigenvalue weighted by Crippen LogP contribution is -2.44. The van der Waals surface area contributed by atoms with Gasteiger partial charge in [-0.1, -0.05) is 13.3 Å². The fourth-order valence-corrected chi connectivity index (χ4v) is 1.51. The molecule has 0 aromatic heterocycles. The minimum absolute atomic E-state index is 0.210. The van der Waals surface area contributed by atoms with Crippen LogP contribution in [0.25, 0.3) is 0 Å². The zero-order valence-corrected chi connectivity index (χ0v) is 13.5. The molecule has 0 heterocycles. The molecule has 0 rings (SSSR count). The molecule has 23 heavy (non-hydrogen) atoms. The number of aliphatic hydroxyl groups is 1. The van der Waals surface area contributed by atoms with E-state index in [0.29, 0.717) is 6.42 Å². The van der Waals surface area contributed by atoms with Gasteiger partial charge in [-0.15, -0.1) is 0 Å². The molecule has 0 aliphatic heterocycles. The molecule has 1 atom stereocenters. The largest absolute Gasteiger partial charge is 0.469 e. The standard InChI is InChI=1S/C14H22O9/c1-4-5-6-22-12(17)9-23-11(16)8-14(19,13(18)21-3)7-10(15)20-2/h19H,4-9H2,1-3H3. The number of carbonyl (C=O) groups is 4. The fraction of sp³-hybridized carbons (Fsp3) is 0.714. The van der Waals surface area contributed by atoms with E-state index < -0.39 is 48.9 Å². The highest BCUT2D eigenvalue weighted by Crippen LogP contribution is 2.19. The molecular formula is C14H22O9. The van der Waals surface area contributed by atoms with E-state index in [4.69, 9.17) is 4.74 Å². The lowest BCUT2D eigenvalue weighted by molar-refractivity contribution is -0.176. The van der Waals surface area contributed by atoms with Gasteiger partial charge in [0.05, 0.1) is 33.7 Å². The summed E-state index contributed by atoms with van der Waals surface area (Å²) in [6.07, 6.45) is -0.128. The smallest absolute Gasteiger partial charge is 0.344 e.